The van der Waals surface area contributed by atoms with Crippen LogP contribution in [-0.2, 0) is 6.54 Å². The van der Waals surface area contributed by atoms with E-state index in [1.807, 2.05) is 35.0 Å². The zero-order chi connectivity index (χ0) is 18.1. The Kier molecular flexibility index (Phi) is 4.38. The number of fused-ring (bicyclic) bond motifs is 1. The van der Waals surface area contributed by atoms with Gasteiger partial charge in [0.15, 0.2) is 0 Å². The van der Waals surface area contributed by atoms with Crippen molar-refractivity contribution in [2.75, 3.05) is 26.2 Å². The number of aromatic nitrogens is 2. The zero-order valence-corrected chi connectivity index (χ0v) is 14.1. The van der Waals surface area contributed by atoms with Crippen LogP contribution in [0.15, 0.2) is 48.8 Å². The summed E-state index contributed by atoms with van der Waals surface area (Å²) < 4.78 is 28.9. The van der Waals surface area contributed by atoms with Gasteiger partial charge in [-0.25, -0.2) is 13.8 Å². The van der Waals surface area contributed by atoms with Crippen LogP contribution < -0.4 is 0 Å². The molecule has 0 saturated carbocycles. The van der Waals surface area contributed by atoms with Crippen molar-refractivity contribution in [3.05, 3.63) is 71.7 Å². The summed E-state index contributed by atoms with van der Waals surface area (Å²) in [4.78, 5) is 20.7. The molecule has 134 valence electrons. The van der Waals surface area contributed by atoms with Gasteiger partial charge in [-0.15, -0.1) is 0 Å². The van der Waals surface area contributed by atoms with Crippen molar-refractivity contribution in [1.29, 1.82) is 0 Å². The summed E-state index contributed by atoms with van der Waals surface area (Å²) in [6, 6.07) is 8.93. The van der Waals surface area contributed by atoms with Gasteiger partial charge in [0.2, 0.25) is 0 Å². The van der Waals surface area contributed by atoms with Crippen molar-refractivity contribution in [1.82, 2.24) is 19.2 Å². The van der Waals surface area contributed by atoms with E-state index in [4.69, 9.17) is 0 Å². The lowest BCUT2D eigenvalue weighted by Gasteiger charge is -2.34. The Bertz CT molecular complexity index is 948. The number of halogens is 2. The van der Waals surface area contributed by atoms with Crippen LogP contribution in [0, 0.1) is 11.6 Å². The quantitative estimate of drug-likeness (QED) is 0.724. The molecule has 1 aromatic carbocycles. The second kappa shape index (κ2) is 6.84. The van der Waals surface area contributed by atoms with Gasteiger partial charge >= 0.3 is 0 Å². The Balaban J connectivity index is 1.40. The predicted molar refractivity (Wildman–Crippen MR) is 92.7 cm³/mol. The second-order valence-electron chi connectivity index (χ2n) is 6.37. The Labute approximate surface area is 149 Å². The second-order valence-corrected chi connectivity index (χ2v) is 6.37. The van der Waals surface area contributed by atoms with Crippen LogP contribution in [0.3, 0.4) is 0 Å². The molecule has 1 aliphatic rings. The first-order valence-electron chi connectivity index (χ1n) is 8.49. The molecule has 1 aliphatic heterocycles. The largest absolute Gasteiger partial charge is 0.336 e. The van der Waals surface area contributed by atoms with Gasteiger partial charge in [0.1, 0.15) is 17.3 Å². The van der Waals surface area contributed by atoms with Gasteiger partial charge in [0, 0.05) is 45.0 Å². The van der Waals surface area contributed by atoms with Gasteiger partial charge in [-0.2, -0.15) is 0 Å². The molecule has 3 heterocycles. The maximum atomic E-state index is 13.8. The fraction of sp³-hybridized carbons (Fsp3) is 0.263. The number of piperazine rings is 1. The van der Waals surface area contributed by atoms with E-state index < -0.39 is 17.5 Å². The third-order valence-corrected chi connectivity index (χ3v) is 4.70. The fourth-order valence-electron chi connectivity index (χ4n) is 3.27. The third-order valence-electron chi connectivity index (χ3n) is 4.70. The molecule has 0 N–H and O–H groups in total. The summed E-state index contributed by atoms with van der Waals surface area (Å²) in [5, 5.41) is 0. The summed E-state index contributed by atoms with van der Waals surface area (Å²) in [7, 11) is 0. The number of imidazole rings is 1. The highest BCUT2D eigenvalue weighted by Crippen LogP contribution is 2.15. The number of hydrogen-bond donors (Lipinski definition) is 0. The SMILES string of the molecule is O=C(c1ccc(F)cc1F)N1CCN(Cc2cnc3ccccn23)CC1. The summed E-state index contributed by atoms with van der Waals surface area (Å²) in [5.74, 6) is -1.89. The molecule has 4 rings (SSSR count). The smallest absolute Gasteiger partial charge is 0.256 e. The summed E-state index contributed by atoms with van der Waals surface area (Å²) in [6.07, 6.45) is 3.84. The van der Waals surface area contributed by atoms with Crippen molar-refractivity contribution < 1.29 is 13.6 Å². The highest BCUT2D eigenvalue weighted by atomic mass is 19.1. The molecule has 0 spiro atoms. The lowest BCUT2D eigenvalue weighted by molar-refractivity contribution is 0.0622. The molecule has 26 heavy (non-hydrogen) atoms. The van der Waals surface area contributed by atoms with Gasteiger partial charge in [0.25, 0.3) is 5.91 Å². The molecule has 2 aromatic heterocycles. The van der Waals surface area contributed by atoms with Crippen molar-refractivity contribution >= 4 is 11.6 Å². The molecule has 1 amide bonds. The van der Waals surface area contributed by atoms with Crippen molar-refractivity contribution in [2.24, 2.45) is 0 Å². The van der Waals surface area contributed by atoms with Crippen molar-refractivity contribution in [3.63, 3.8) is 0 Å². The number of rotatable bonds is 3. The topological polar surface area (TPSA) is 40.9 Å². The maximum absolute atomic E-state index is 13.8. The third kappa shape index (κ3) is 3.17. The van der Waals surface area contributed by atoms with Gasteiger partial charge in [-0.1, -0.05) is 6.07 Å². The van der Waals surface area contributed by atoms with E-state index >= 15 is 0 Å². The van der Waals surface area contributed by atoms with E-state index in [9.17, 15) is 13.6 Å². The number of pyridine rings is 1. The zero-order valence-electron chi connectivity index (χ0n) is 14.1. The Hall–Kier alpha value is -2.80. The molecule has 1 fully saturated rings. The summed E-state index contributed by atoms with van der Waals surface area (Å²) >= 11 is 0. The van der Waals surface area contributed by atoms with Crippen molar-refractivity contribution in [3.8, 4) is 0 Å². The lowest BCUT2D eigenvalue weighted by atomic mass is 10.1. The highest BCUT2D eigenvalue weighted by molar-refractivity contribution is 5.94. The Morgan fingerprint density at radius 1 is 1.08 bits per heavy atom. The van der Waals surface area contributed by atoms with E-state index in [1.54, 1.807) is 4.90 Å². The van der Waals surface area contributed by atoms with Crippen molar-refractivity contribution in [2.45, 2.75) is 6.54 Å². The Morgan fingerprint density at radius 2 is 1.88 bits per heavy atom. The molecule has 0 atom stereocenters. The number of benzene rings is 1. The van der Waals surface area contributed by atoms with E-state index in [0.717, 1.165) is 30.0 Å². The molecule has 1 saturated heterocycles. The van der Waals surface area contributed by atoms with E-state index in [1.165, 1.54) is 6.07 Å². The minimum Gasteiger partial charge on any atom is -0.336 e. The maximum Gasteiger partial charge on any atom is 0.256 e. The van der Waals surface area contributed by atoms with Crippen LogP contribution in [0.4, 0.5) is 8.78 Å². The first-order chi connectivity index (χ1) is 12.6. The van der Waals surface area contributed by atoms with Gasteiger partial charge in [-0.05, 0) is 24.3 Å². The highest BCUT2D eigenvalue weighted by Gasteiger charge is 2.24. The number of hydrogen-bond acceptors (Lipinski definition) is 3. The average molecular weight is 356 g/mol. The van der Waals surface area contributed by atoms with Gasteiger partial charge in [-0.3, -0.25) is 9.69 Å². The van der Waals surface area contributed by atoms with Crippen LogP contribution in [0.1, 0.15) is 16.1 Å². The average Bonchev–Trinajstić information content (AvgIpc) is 3.05. The van der Waals surface area contributed by atoms with Crippen LogP contribution in [-0.4, -0.2) is 51.3 Å². The molecule has 0 bridgehead atoms. The summed E-state index contributed by atoms with van der Waals surface area (Å²) in [5.41, 5.74) is 1.91. The monoisotopic (exact) mass is 356 g/mol. The number of nitrogens with zero attached hydrogens (tertiary/aromatic N) is 4. The van der Waals surface area contributed by atoms with Crippen LogP contribution in [0.2, 0.25) is 0 Å². The van der Waals surface area contributed by atoms with Gasteiger partial charge < -0.3 is 9.30 Å². The number of carbonyl (C=O) groups excluding carboxylic acids is 1. The van der Waals surface area contributed by atoms with E-state index in [0.29, 0.717) is 26.2 Å². The number of carbonyl (C=O) groups is 1. The molecule has 0 unspecified atom stereocenters. The van der Waals surface area contributed by atoms with Crippen LogP contribution in [0.25, 0.3) is 5.65 Å². The molecule has 7 heteroatoms. The standard InChI is InChI=1S/C19H18F2N4O/c20-14-4-5-16(17(21)11-14)19(26)24-9-7-23(8-10-24)13-15-12-22-18-3-1-2-6-25(15)18/h1-6,11-12H,7-10,13H2. The fourth-order valence-corrected chi connectivity index (χ4v) is 3.27. The van der Waals surface area contributed by atoms with Crippen LogP contribution in [0.5, 0.6) is 0 Å². The minimum absolute atomic E-state index is 0.0818. The van der Waals surface area contributed by atoms with Crippen LogP contribution >= 0.6 is 0 Å². The summed E-state index contributed by atoms with van der Waals surface area (Å²) in [6.45, 7) is 3.13. The van der Waals surface area contributed by atoms with Gasteiger partial charge in [0.05, 0.1) is 17.5 Å². The predicted octanol–water partition coefficient (Wildman–Crippen LogP) is 2.57. The normalized spacial score (nSPS) is 15.5. The molecule has 0 aliphatic carbocycles. The van der Waals surface area contributed by atoms with E-state index in [-0.39, 0.29) is 5.56 Å². The Morgan fingerprint density at radius 3 is 2.65 bits per heavy atom. The minimum atomic E-state index is -0.817. The molecule has 5 nitrogen and oxygen atoms in total. The molecular weight excluding hydrogens is 338 g/mol. The van der Waals surface area contributed by atoms with E-state index in [2.05, 4.69) is 9.88 Å². The first kappa shape index (κ1) is 16.7. The molecule has 3 aromatic rings. The lowest BCUT2D eigenvalue weighted by Crippen LogP contribution is -2.48. The number of amides is 1. The first-order valence-corrected chi connectivity index (χ1v) is 8.49. The molecular formula is C19H18F2N4O. The molecule has 0 radical (unpaired) electrons.